The van der Waals surface area contributed by atoms with Crippen molar-refractivity contribution in [2.45, 2.75) is 19.0 Å². The molecule has 2 aromatic heterocycles. The molecule has 0 saturated carbocycles. The molecule has 0 atom stereocenters. The number of thiophene rings is 1. The fourth-order valence-corrected chi connectivity index (χ4v) is 4.17. The quantitative estimate of drug-likeness (QED) is 0.661. The molecule has 0 aliphatic carbocycles. The second-order valence-electron chi connectivity index (χ2n) is 7.17. The summed E-state index contributed by atoms with van der Waals surface area (Å²) in [7, 11) is 0. The minimum Gasteiger partial charge on any atom is -0.369 e. The third-order valence-electron chi connectivity index (χ3n) is 5.14. The lowest BCUT2D eigenvalue weighted by Crippen LogP contribution is -2.42. The highest BCUT2D eigenvalue weighted by Crippen LogP contribution is 2.32. The van der Waals surface area contributed by atoms with E-state index >= 15 is 0 Å². The number of hydrogen-bond acceptors (Lipinski definition) is 5. The highest BCUT2D eigenvalue weighted by Gasteiger charge is 2.32. The van der Waals surface area contributed by atoms with Crippen molar-refractivity contribution in [3.8, 4) is 16.4 Å². The van der Waals surface area contributed by atoms with Crippen LogP contribution in [0, 0.1) is 5.92 Å². The van der Waals surface area contributed by atoms with E-state index in [9.17, 15) is 22.8 Å². The van der Waals surface area contributed by atoms with Crippen LogP contribution in [-0.4, -0.2) is 44.6 Å². The van der Waals surface area contributed by atoms with Gasteiger partial charge < -0.3 is 10.6 Å². The average molecular weight is 449 g/mol. The molecule has 4 rings (SSSR count). The van der Waals surface area contributed by atoms with Crippen LogP contribution in [0.3, 0.4) is 0 Å². The summed E-state index contributed by atoms with van der Waals surface area (Å²) in [5.74, 6) is -0.935. The number of alkyl halides is 3. The first kappa shape index (κ1) is 21.0. The number of nitrogens with two attached hydrogens (primary N) is 1. The molecule has 1 aromatic carbocycles. The third-order valence-corrected chi connectivity index (χ3v) is 6.01. The van der Waals surface area contributed by atoms with Gasteiger partial charge in [0.1, 0.15) is 0 Å². The number of hydrogen-bond donors (Lipinski definition) is 1. The molecule has 11 heteroatoms. The van der Waals surface area contributed by atoms with E-state index in [1.165, 1.54) is 33.1 Å². The van der Waals surface area contributed by atoms with Gasteiger partial charge in [-0.25, -0.2) is 9.67 Å². The molecule has 162 valence electrons. The molecule has 0 radical (unpaired) electrons. The number of piperidine rings is 1. The third kappa shape index (κ3) is 4.31. The largest absolute Gasteiger partial charge is 0.416 e. The summed E-state index contributed by atoms with van der Waals surface area (Å²) in [6, 6.07) is 8.24. The Kier molecular flexibility index (Phi) is 5.52. The second kappa shape index (κ2) is 8.14. The molecule has 3 aromatic rings. The van der Waals surface area contributed by atoms with E-state index in [2.05, 4.69) is 10.1 Å². The molecule has 2 amide bonds. The lowest BCUT2D eigenvalue weighted by Gasteiger charge is -2.29. The maximum atomic E-state index is 13.2. The van der Waals surface area contributed by atoms with Gasteiger partial charge in [-0.05, 0) is 42.5 Å². The number of rotatable bonds is 4. The molecule has 2 N–H and O–H groups in total. The molecule has 0 bridgehead atoms. The van der Waals surface area contributed by atoms with Gasteiger partial charge in [0.05, 0.1) is 16.1 Å². The summed E-state index contributed by atoms with van der Waals surface area (Å²) in [5, 5.41) is 6.05. The van der Waals surface area contributed by atoms with E-state index in [0.29, 0.717) is 30.8 Å². The minimum atomic E-state index is -4.51. The summed E-state index contributed by atoms with van der Waals surface area (Å²) in [6.07, 6.45) is -3.61. The summed E-state index contributed by atoms with van der Waals surface area (Å²) < 4.78 is 40.8. The van der Waals surface area contributed by atoms with Crippen LogP contribution in [0.1, 0.15) is 29.0 Å². The summed E-state index contributed by atoms with van der Waals surface area (Å²) >= 11 is 1.34. The average Bonchev–Trinajstić information content (AvgIpc) is 3.42. The predicted molar refractivity (Wildman–Crippen MR) is 107 cm³/mol. The smallest absolute Gasteiger partial charge is 0.369 e. The van der Waals surface area contributed by atoms with Gasteiger partial charge in [0.2, 0.25) is 11.7 Å². The zero-order chi connectivity index (χ0) is 22.2. The molecule has 1 aliphatic heterocycles. The molecule has 3 heterocycles. The lowest BCUT2D eigenvalue weighted by atomic mass is 9.96. The van der Waals surface area contributed by atoms with Crippen molar-refractivity contribution in [1.29, 1.82) is 0 Å². The lowest BCUT2D eigenvalue weighted by molar-refractivity contribution is -0.137. The fraction of sp³-hybridized carbons (Fsp3) is 0.300. The number of aromatic nitrogens is 3. The number of likely N-dealkylation sites (tertiary alicyclic amines) is 1. The molecule has 1 aliphatic rings. The summed E-state index contributed by atoms with van der Waals surface area (Å²) in [4.78, 5) is 30.9. The number of nitrogens with zero attached hydrogens (tertiary/aromatic N) is 4. The minimum absolute atomic E-state index is 0.113. The molecule has 7 nitrogen and oxygen atoms in total. The van der Waals surface area contributed by atoms with Gasteiger partial charge in [-0.15, -0.1) is 16.4 Å². The van der Waals surface area contributed by atoms with Crippen LogP contribution in [0.15, 0.2) is 41.8 Å². The number of benzene rings is 1. The Bertz CT molecular complexity index is 1100. The molecule has 0 unspecified atom stereocenters. The van der Waals surface area contributed by atoms with E-state index in [0.717, 1.165) is 12.1 Å². The van der Waals surface area contributed by atoms with Crippen molar-refractivity contribution in [3.63, 3.8) is 0 Å². The van der Waals surface area contributed by atoms with Gasteiger partial charge >= 0.3 is 6.18 Å². The number of amides is 2. The van der Waals surface area contributed by atoms with Crippen LogP contribution >= 0.6 is 11.3 Å². The van der Waals surface area contributed by atoms with Crippen LogP contribution < -0.4 is 5.73 Å². The Morgan fingerprint density at radius 3 is 2.48 bits per heavy atom. The van der Waals surface area contributed by atoms with E-state index in [1.54, 1.807) is 17.5 Å². The first-order valence-electron chi connectivity index (χ1n) is 9.51. The maximum Gasteiger partial charge on any atom is 0.416 e. The van der Waals surface area contributed by atoms with Gasteiger partial charge in [-0.3, -0.25) is 9.59 Å². The molecule has 1 saturated heterocycles. The van der Waals surface area contributed by atoms with E-state index in [1.807, 2.05) is 0 Å². The first-order valence-corrected chi connectivity index (χ1v) is 10.4. The molecule has 1 fully saturated rings. The number of halogens is 3. The van der Waals surface area contributed by atoms with Crippen LogP contribution in [0.2, 0.25) is 0 Å². The van der Waals surface area contributed by atoms with Crippen LogP contribution in [0.5, 0.6) is 0 Å². The summed E-state index contributed by atoms with van der Waals surface area (Å²) in [5.41, 5.74) is 4.66. The molecular weight excluding hydrogens is 431 g/mol. The van der Waals surface area contributed by atoms with Gasteiger partial charge in [0.15, 0.2) is 5.82 Å². The monoisotopic (exact) mass is 449 g/mol. The van der Waals surface area contributed by atoms with Gasteiger partial charge in [-0.2, -0.15) is 13.2 Å². The predicted octanol–water partition coefficient (Wildman–Crippen LogP) is 3.35. The van der Waals surface area contributed by atoms with Gasteiger partial charge in [0, 0.05) is 19.0 Å². The second-order valence-corrected chi connectivity index (χ2v) is 8.11. The van der Waals surface area contributed by atoms with Crippen molar-refractivity contribution in [3.05, 3.63) is 53.2 Å². The zero-order valence-corrected chi connectivity index (χ0v) is 17.0. The number of primary amides is 1. The van der Waals surface area contributed by atoms with E-state index in [-0.39, 0.29) is 29.2 Å². The summed E-state index contributed by atoms with van der Waals surface area (Å²) in [6.45, 7) is 0.664. The Morgan fingerprint density at radius 2 is 1.87 bits per heavy atom. The Labute approximate surface area is 179 Å². The van der Waals surface area contributed by atoms with E-state index < -0.39 is 17.6 Å². The van der Waals surface area contributed by atoms with Crippen LogP contribution in [0.25, 0.3) is 16.4 Å². The van der Waals surface area contributed by atoms with Crippen molar-refractivity contribution >= 4 is 23.2 Å². The zero-order valence-electron chi connectivity index (χ0n) is 16.2. The van der Waals surface area contributed by atoms with Gasteiger partial charge in [-0.1, -0.05) is 12.1 Å². The Morgan fingerprint density at radius 1 is 1.13 bits per heavy atom. The van der Waals surface area contributed by atoms with Crippen LogP contribution in [-0.2, 0) is 11.0 Å². The Hall–Kier alpha value is -3.21. The molecule has 0 spiro atoms. The Balaban J connectivity index is 1.69. The topological polar surface area (TPSA) is 94.1 Å². The van der Waals surface area contributed by atoms with Crippen molar-refractivity contribution in [2.24, 2.45) is 11.7 Å². The van der Waals surface area contributed by atoms with E-state index in [4.69, 9.17) is 5.73 Å². The van der Waals surface area contributed by atoms with Crippen molar-refractivity contribution in [1.82, 2.24) is 19.7 Å². The number of carbonyl (C=O) groups excluding carboxylic acids is 2. The normalized spacial score (nSPS) is 15.3. The molecule has 31 heavy (non-hydrogen) atoms. The highest BCUT2D eigenvalue weighted by atomic mass is 32.1. The van der Waals surface area contributed by atoms with Gasteiger partial charge in [0.25, 0.3) is 5.91 Å². The highest BCUT2D eigenvalue weighted by molar-refractivity contribution is 7.13. The van der Waals surface area contributed by atoms with Crippen molar-refractivity contribution in [2.75, 3.05) is 13.1 Å². The SMILES string of the molecule is NC(=O)C1CCN(C(=O)c2nc(-c3cccs3)n(-c3cccc(C(F)(F)F)c3)n2)CC1. The van der Waals surface area contributed by atoms with Crippen molar-refractivity contribution < 1.29 is 22.8 Å². The fourth-order valence-electron chi connectivity index (χ4n) is 3.47. The maximum absolute atomic E-state index is 13.2. The first-order chi connectivity index (χ1) is 14.7. The van der Waals surface area contributed by atoms with Crippen LogP contribution in [0.4, 0.5) is 13.2 Å². The standard InChI is InChI=1S/C20H18F3N5O2S/c21-20(22,23)13-3-1-4-14(11-13)28-18(15-5-2-10-31-15)25-17(26-28)19(30)27-8-6-12(7-9-27)16(24)29/h1-5,10-12H,6-9H2,(H2,24,29). The number of carbonyl (C=O) groups is 2. The molecular formula is C20H18F3N5O2S.